The Labute approximate surface area is 245 Å². The number of fused-ring (bicyclic) bond motifs is 2. The van der Waals surface area contributed by atoms with Crippen molar-refractivity contribution in [1.82, 2.24) is 20.0 Å². The number of halogens is 2. The molecule has 7 nitrogen and oxygen atoms in total. The van der Waals surface area contributed by atoms with Gasteiger partial charge in [0.05, 0.1) is 21.4 Å². The summed E-state index contributed by atoms with van der Waals surface area (Å²) in [6, 6.07) is 17.9. The third-order valence-electron chi connectivity index (χ3n) is 8.15. The fourth-order valence-electron chi connectivity index (χ4n) is 6.09. The number of hydrogen-bond acceptors (Lipinski definition) is 5. The van der Waals surface area contributed by atoms with Gasteiger partial charge in [0.15, 0.2) is 0 Å². The summed E-state index contributed by atoms with van der Waals surface area (Å²) in [5.41, 5.74) is 1.06. The summed E-state index contributed by atoms with van der Waals surface area (Å²) >= 11 is 1.33. The van der Waals surface area contributed by atoms with Crippen LogP contribution in [-0.2, 0) is 11.2 Å². The largest absolute Gasteiger partial charge is 0.341 e. The summed E-state index contributed by atoms with van der Waals surface area (Å²) in [7, 11) is 0. The summed E-state index contributed by atoms with van der Waals surface area (Å²) in [6.07, 6.45) is 0.323. The van der Waals surface area contributed by atoms with Crippen molar-refractivity contribution < 1.29 is 18.4 Å². The Kier molecular flexibility index (Phi) is 7.34. The Morgan fingerprint density at radius 1 is 0.929 bits per heavy atom. The number of benzene rings is 3. The summed E-state index contributed by atoms with van der Waals surface area (Å²) < 4.78 is 27.8. The Hall–Kier alpha value is -4.05. The lowest BCUT2D eigenvalue weighted by molar-refractivity contribution is -0.132. The molecule has 1 aromatic heterocycles. The molecule has 0 spiro atoms. The second kappa shape index (κ2) is 11.0. The number of nitrogens with one attached hydrogen (secondary N) is 1. The lowest BCUT2D eigenvalue weighted by Gasteiger charge is -2.30. The molecular weight excluding hydrogens is 558 g/mol. The Morgan fingerprint density at radius 3 is 2.33 bits per heavy atom. The van der Waals surface area contributed by atoms with Crippen LogP contribution >= 0.6 is 11.8 Å². The highest BCUT2D eigenvalue weighted by atomic mass is 32.2. The molecule has 0 bridgehead atoms. The van der Waals surface area contributed by atoms with E-state index in [0.29, 0.717) is 59.5 Å². The number of amides is 2. The fourth-order valence-corrected chi connectivity index (χ4v) is 7.21. The Morgan fingerprint density at radius 2 is 1.62 bits per heavy atom. The van der Waals surface area contributed by atoms with Gasteiger partial charge in [-0.15, -0.1) is 11.8 Å². The van der Waals surface area contributed by atoms with Crippen LogP contribution in [0.1, 0.15) is 35.5 Å². The molecule has 216 valence electrons. The van der Waals surface area contributed by atoms with Crippen LogP contribution in [0.2, 0.25) is 0 Å². The van der Waals surface area contributed by atoms with Crippen LogP contribution in [-0.4, -0.2) is 62.7 Å². The first-order valence-electron chi connectivity index (χ1n) is 13.9. The van der Waals surface area contributed by atoms with Crippen LogP contribution in [0, 0.1) is 23.5 Å². The maximum Gasteiger partial charge on any atom is 0.272 e. The van der Waals surface area contributed by atoms with Crippen LogP contribution in [0.15, 0.2) is 76.4 Å². The quantitative estimate of drug-likeness (QED) is 0.324. The second-order valence-electron chi connectivity index (χ2n) is 11.5. The SMILES string of the molecule is CC(C)(Sc1cccc(F)c1)C(=O)N1CC2CN(C(=O)c3cc(Cc4n[nH]c(=O)c5ccccc45)ccc3F)CC2C1. The van der Waals surface area contributed by atoms with Crippen molar-refractivity contribution in [2.24, 2.45) is 11.8 Å². The van der Waals surface area contributed by atoms with Gasteiger partial charge < -0.3 is 9.80 Å². The van der Waals surface area contributed by atoms with E-state index in [0.717, 1.165) is 0 Å². The molecule has 1 N–H and O–H groups in total. The van der Waals surface area contributed by atoms with Gasteiger partial charge in [-0.2, -0.15) is 5.10 Å². The van der Waals surface area contributed by atoms with Crippen LogP contribution < -0.4 is 5.56 Å². The van der Waals surface area contributed by atoms with Crippen molar-refractivity contribution in [2.75, 3.05) is 26.2 Å². The maximum absolute atomic E-state index is 14.9. The minimum atomic E-state index is -0.780. The van der Waals surface area contributed by atoms with Crippen molar-refractivity contribution >= 4 is 34.3 Å². The molecule has 10 heteroatoms. The molecule has 2 atom stereocenters. The molecule has 3 aromatic carbocycles. The number of thioether (sulfide) groups is 1. The number of likely N-dealkylation sites (tertiary alicyclic amines) is 2. The van der Waals surface area contributed by atoms with Gasteiger partial charge in [0, 0.05) is 54.7 Å². The van der Waals surface area contributed by atoms with Crippen LogP contribution in [0.4, 0.5) is 8.78 Å². The minimum absolute atomic E-state index is 0.00163. The Bertz CT molecular complexity index is 1740. The molecule has 0 aliphatic carbocycles. The van der Waals surface area contributed by atoms with Crippen LogP contribution in [0.3, 0.4) is 0 Å². The first-order valence-corrected chi connectivity index (χ1v) is 14.7. The van der Waals surface area contributed by atoms with E-state index in [1.165, 1.54) is 30.0 Å². The summed E-state index contributed by atoms with van der Waals surface area (Å²) in [6.45, 7) is 5.62. The van der Waals surface area contributed by atoms with Gasteiger partial charge >= 0.3 is 0 Å². The highest BCUT2D eigenvalue weighted by Crippen LogP contribution is 2.38. The van der Waals surface area contributed by atoms with Crippen molar-refractivity contribution in [1.29, 1.82) is 0 Å². The smallest absolute Gasteiger partial charge is 0.272 e. The van der Waals surface area contributed by atoms with E-state index in [1.807, 2.05) is 30.9 Å². The van der Waals surface area contributed by atoms with E-state index in [-0.39, 0.29) is 40.6 Å². The number of carbonyl (C=O) groups is 2. The van der Waals surface area contributed by atoms with E-state index in [4.69, 9.17) is 0 Å². The topological polar surface area (TPSA) is 86.4 Å². The van der Waals surface area contributed by atoms with Gasteiger partial charge in [-0.05, 0) is 55.8 Å². The third-order valence-corrected chi connectivity index (χ3v) is 9.33. The van der Waals surface area contributed by atoms with E-state index in [9.17, 15) is 23.2 Å². The molecule has 4 aromatic rings. The number of hydrogen-bond donors (Lipinski definition) is 1. The van der Waals surface area contributed by atoms with Gasteiger partial charge in [-0.25, -0.2) is 13.9 Å². The zero-order chi connectivity index (χ0) is 29.6. The van der Waals surface area contributed by atoms with Gasteiger partial charge in [-0.3, -0.25) is 14.4 Å². The van der Waals surface area contributed by atoms with Gasteiger partial charge in [-0.1, -0.05) is 30.3 Å². The molecule has 2 saturated heterocycles. The van der Waals surface area contributed by atoms with Crippen molar-refractivity contribution in [2.45, 2.75) is 29.9 Å². The summed E-state index contributed by atoms with van der Waals surface area (Å²) in [4.78, 5) is 43.2. The normalized spacial score (nSPS) is 18.5. The molecule has 2 aliphatic heterocycles. The lowest BCUT2D eigenvalue weighted by atomic mass is 10.0. The van der Waals surface area contributed by atoms with E-state index in [2.05, 4.69) is 10.2 Å². The van der Waals surface area contributed by atoms with Crippen molar-refractivity contribution in [3.63, 3.8) is 0 Å². The van der Waals surface area contributed by atoms with Gasteiger partial charge in [0.2, 0.25) is 5.91 Å². The standard InChI is InChI=1S/C32H30F2N4O3S/c1-32(2,42-23-7-5-6-22(33)14-23)31(41)38-17-20-15-37(16-21(20)18-38)30(40)26-12-19(10-11-27(26)34)13-28-24-8-3-4-9-25(24)29(39)36-35-28/h3-12,14,20-21H,13,15-18H2,1-2H3,(H,36,39). The maximum atomic E-state index is 14.9. The number of aromatic nitrogens is 2. The zero-order valence-electron chi connectivity index (χ0n) is 23.3. The molecule has 0 saturated carbocycles. The third kappa shape index (κ3) is 5.43. The lowest BCUT2D eigenvalue weighted by Crippen LogP contribution is -2.43. The number of rotatable bonds is 6. The molecule has 2 unspecified atom stereocenters. The molecule has 42 heavy (non-hydrogen) atoms. The fraction of sp³-hybridized carbons (Fsp3) is 0.312. The van der Waals surface area contributed by atoms with Crippen LogP contribution in [0.5, 0.6) is 0 Å². The molecule has 2 aliphatic rings. The number of aromatic amines is 1. The molecule has 0 radical (unpaired) electrons. The number of H-pyrrole nitrogens is 1. The van der Waals surface area contributed by atoms with E-state index in [1.54, 1.807) is 41.3 Å². The number of carbonyl (C=O) groups excluding carboxylic acids is 2. The first kappa shape index (κ1) is 28.1. The Balaban J connectivity index is 1.12. The van der Waals surface area contributed by atoms with Gasteiger partial charge in [0.1, 0.15) is 11.6 Å². The molecule has 3 heterocycles. The number of nitrogens with zero attached hydrogens (tertiary/aromatic N) is 3. The summed E-state index contributed by atoms with van der Waals surface area (Å²) in [5, 5.41) is 7.95. The predicted molar refractivity (Wildman–Crippen MR) is 157 cm³/mol. The van der Waals surface area contributed by atoms with Gasteiger partial charge in [0.25, 0.3) is 11.5 Å². The van der Waals surface area contributed by atoms with Crippen molar-refractivity contribution in [3.8, 4) is 0 Å². The highest BCUT2D eigenvalue weighted by Gasteiger charge is 2.46. The molecule has 2 fully saturated rings. The highest BCUT2D eigenvalue weighted by molar-refractivity contribution is 8.01. The predicted octanol–water partition coefficient (Wildman–Crippen LogP) is 4.89. The average Bonchev–Trinajstić information content (AvgIpc) is 3.54. The first-order chi connectivity index (χ1) is 20.1. The zero-order valence-corrected chi connectivity index (χ0v) is 24.1. The van der Waals surface area contributed by atoms with Crippen molar-refractivity contribution in [3.05, 3.63) is 106 Å². The van der Waals surface area contributed by atoms with Crippen LogP contribution in [0.25, 0.3) is 10.8 Å². The molecule has 2 amide bonds. The average molecular weight is 589 g/mol. The summed E-state index contributed by atoms with van der Waals surface area (Å²) in [5.74, 6) is -1.11. The monoisotopic (exact) mass is 588 g/mol. The minimum Gasteiger partial charge on any atom is -0.341 e. The van der Waals surface area contributed by atoms with E-state index >= 15 is 0 Å². The molecule has 6 rings (SSSR count). The van der Waals surface area contributed by atoms with E-state index < -0.39 is 10.6 Å². The molecular formula is C32H30F2N4O3S. The second-order valence-corrected chi connectivity index (χ2v) is 13.2.